The minimum Gasteiger partial charge on any atom is -0.485 e. The number of pyridine rings is 1. The van der Waals surface area contributed by atoms with Crippen molar-refractivity contribution in [3.8, 4) is 11.5 Å². The summed E-state index contributed by atoms with van der Waals surface area (Å²) >= 11 is 5.83. The molecule has 2 aromatic rings. The number of amides is 1. The number of benzene rings is 1. The summed E-state index contributed by atoms with van der Waals surface area (Å²) in [6.45, 7) is 0.156. The van der Waals surface area contributed by atoms with Crippen LogP contribution in [0.4, 0.5) is 5.82 Å². The van der Waals surface area contributed by atoms with Crippen molar-refractivity contribution in [3.05, 3.63) is 47.6 Å². The third kappa shape index (κ3) is 2.67. The molecule has 0 bridgehead atoms. The maximum absolute atomic E-state index is 12.1. The molecule has 1 aromatic carbocycles. The van der Waals surface area contributed by atoms with Crippen LogP contribution in [0.5, 0.6) is 11.5 Å². The second-order valence-electron chi connectivity index (χ2n) is 4.21. The Morgan fingerprint density at radius 1 is 1.30 bits per heavy atom. The number of nitrogens with zero attached hydrogens (tertiary/aromatic N) is 1. The Hall–Kier alpha value is -2.27. The van der Waals surface area contributed by atoms with E-state index in [9.17, 15) is 4.79 Å². The van der Waals surface area contributed by atoms with Gasteiger partial charge in [0.1, 0.15) is 12.4 Å². The Labute approximate surface area is 120 Å². The van der Waals surface area contributed by atoms with Gasteiger partial charge in [0, 0.05) is 11.2 Å². The van der Waals surface area contributed by atoms with E-state index in [0.717, 1.165) is 0 Å². The normalized spacial score (nSPS) is 16.6. The molecular weight excluding hydrogens is 280 g/mol. The SMILES string of the molecule is O=C(Nc1cc(Cl)ccn1)C1COc2ccccc2O1. The maximum Gasteiger partial charge on any atom is 0.270 e. The van der Waals surface area contributed by atoms with Crippen LogP contribution in [0.3, 0.4) is 0 Å². The zero-order valence-corrected chi connectivity index (χ0v) is 11.1. The molecule has 0 saturated carbocycles. The number of hydrogen-bond donors (Lipinski definition) is 1. The highest BCUT2D eigenvalue weighted by molar-refractivity contribution is 6.30. The quantitative estimate of drug-likeness (QED) is 0.923. The lowest BCUT2D eigenvalue weighted by Gasteiger charge is -2.25. The Morgan fingerprint density at radius 2 is 2.10 bits per heavy atom. The average molecular weight is 291 g/mol. The number of ether oxygens (including phenoxy) is 2. The van der Waals surface area contributed by atoms with Crippen LogP contribution in [0.15, 0.2) is 42.6 Å². The predicted molar refractivity (Wildman–Crippen MR) is 74.2 cm³/mol. The van der Waals surface area contributed by atoms with E-state index in [1.54, 1.807) is 24.3 Å². The van der Waals surface area contributed by atoms with Crippen LogP contribution < -0.4 is 14.8 Å². The number of halogens is 1. The molecule has 0 spiro atoms. The maximum atomic E-state index is 12.1. The van der Waals surface area contributed by atoms with Gasteiger partial charge in [0.2, 0.25) is 6.10 Å². The summed E-state index contributed by atoms with van der Waals surface area (Å²) in [5.74, 6) is 1.25. The molecule has 1 aliphatic heterocycles. The molecule has 0 aliphatic carbocycles. The van der Waals surface area contributed by atoms with Gasteiger partial charge < -0.3 is 14.8 Å². The number of nitrogens with one attached hydrogen (secondary N) is 1. The van der Waals surface area contributed by atoms with Gasteiger partial charge in [-0.3, -0.25) is 4.79 Å². The lowest BCUT2D eigenvalue weighted by Crippen LogP contribution is -2.40. The van der Waals surface area contributed by atoms with Crippen LogP contribution >= 0.6 is 11.6 Å². The molecular formula is C14H11ClN2O3. The topological polar surface area (TPSA) is 60.5 Å². The fourth-order valence-electron chi connectivity index (χ4n) is 1.83. The van der Waals surface area contributed by atoms with Crippen LogP contribution in [-0.4, -0.2) is 23.6 Å². The summed E-state index contributed by atoms with van der Waals surface area (Å²) in [5, 5.41) is 3.15. The highest BCUT2D eigenvalue weighted by Crippen LogP contribution is 2.31. The van der Waals surface area contributed by atoms with Crippen molar-refractivity contribution < 1.29 is 14.3 Å². The summed E-state index contributed by atoms with van der Waals surface area (Å²) in [5.41, 5.74) is 0. The Bertz CT molecular complexity index is 648. The smallest absolute Gasteiger partial charge is 0.270 e. The molecule has 0 saturated heterocycles. The standard InChI is InChI=1S/C14H11ClN2O3/c15-9-5-6-16-13(7-9)17-14(18)12-8-19-10-3-1-2-4-11(10)20-12/h1-7,12H,8H2,(H,16,17,18). The number of hydrogen-bond acceptors (Lipinski definition) is 4. The van der Waals surface area contributed by atoms with Crippen molar-refractivity contribution in [2.24, 2.45) is 0 Å². The van der Waals surface area contributed by atoms with E-state index in [1.165, 1.54) is 6.20 Å². The number of fused-ring (bicyclic) bond motifs is 1. The average Bonchev–Trinajstić information content (AvgIpc) is 2.47. The van der Waals surface area contributed by atoms with E-state index in [0.29, 0.717) is 22.3 Å². The van der Waals surface area contributed by atoms with E-state index in [2.05, 4.69) is 10.3 Å². The Kier molecular flexibility index (Phi) is 3.43. The first-order valence-electron chi connectivity index (χ1n) is 6.03. The molecule has 5 nitrogen and oxygen atoms in total. The number of rotatable bonds is 2. The second-order valence-corrected chi connectivity index (χ2v) is 4.65. The van der Waals surface area contributed by atoms with Crippen molar-refractivity contribution in [2.75, 3.05) is 11.9 Å². The highest BCUT2D eigenvalue weighted by atomic mass is 35.5. The molecule has 0 radical (unpaired) electrons. The van der Waals surface area contributed by atoms with E-state index >= 15 is 0 Å². The van der Waals surface area contributed by atoms with Gasteiger partial charge >= 0.3 is 0 Å². The third-order valence-corrected chi connectivity index (χ3v) is 3.01. The number of anilines is 1. The number of carbonyl (C=O) groups excluding carboxylic acids is 1. The first-order valence-corrected chi connectivity index (χ1v) is 6.41. The molecule has 1 aromatic heterocycles. The minimum absolute atomic E-state index is 0.156. The van der Waals surface area contributed by atoms with E-state index < -0.39 is 6.10 Å². The zero-order chi connectivity index (χ0) is 13.9. The molecule has 3 rings (SSSR count). The largest absolute Gasteiger partial charge is 0.485 e. The molecule has 1 N–H and O–H groups in total. The first-order chi connectivity index (χ1) is 9.72. The van der Waals surface area contributed by atoms with Crippen LogP contribution in [-0.2, 0) is 4.79 Å². The van der Waals surface area contributed by atoms with Crippen LogP contribution in [0.2, 0.25) is 5.02 Å². The van der Waals surface area contributed by atoms with Gasteiger partial charge in [-0.2, -0.15) is 0 Å². The molecule has 1 atom stereocenters. The van der Waals surface area contributed by atoms with E-state index in [-0.39, 0.29) is 12.5 Å². The van der Waals surface area contributed by atoms with Gasteiger partial charge in [-0.05, 0) is 24.3 Å². The van der Waals surface area contributed by atoms with Crippen molar-refractivity contribution in [1.82, 2.24) is 4.98 Å². The summed E-state index contributed by atoms with van der Waals surface area (Å²) in [7, 11) is 0. The molecule has 1 amide bonds. The van der Waals surface area contributed by atoms with E-state index in [4.69, 9.17) is 21.1 Å². The molecule has 1 unspecified atom stereocenters. The Balaban J connectivity index is 1.70. The molecule has 2 heterocycles. The van der Waals surface area contributed by atoms with Crippen LogP contribution in [0.1, 0.15) is 0 Å². The molecule has 20 heavy (non-hydrogen) atoms. The molecule has 0 fully saturated rings. The lowest BCUT2D eigenvalue weighted by molar-refractivity contribution is -0.125. The van der Waals surface area contributed by atoms with Gasteiger partial charge in [0.05, 0.1) is 0 Å². The first kappa shape index (κ1) is 12.7. The van der Waals surface area contributed by atoms with Crippen LogP contribution in [0, 0.1) is 0 Å². The zero-order valence-electron chi connectivity index (χ0n) is 10.4. The molecule has 1 aliphatic rings. The monoisotopic (exact) mass is 290 g/mol. The highest BCUT2D eigenvalue weighted by Gasteiger charge is 2.27. The van der Waals surface area contributed by atoms with Crippen molar-refractivity contribution >= 4 is 23.3 Å². The summed E-state index contributed by atoms with van der Waals surface area (Å²) in [6.07, 6.45) is 0.802. The van der Waals surface area contributed by atoms with Gasteiger partial charge in [-0.15, -0.1) is 0 Å². The molecule has 102 valence electrons. The summed E-state index contributed by atoms with van der Waals surface area (Å²) in [4.78, 5) is 16.1. The van der Waals surface area contributed by atoms with Gasteiger partial charge in [0.25, 0.3) is 5.91 Å². The van der Waals surface area contributed by atoms with E-state index in [1.807, 2.05) is 12.1 Å². The number of carbonyl (C=O) groups is 1. The minimum atomic E-state index is -0.717. The summed E-state index contributed by atoms with van der Waals surface area (Å²) < 4.78 is 11.1. The fourth-order valence-corrected chi connectivity index (χ4v) is 1.99. The lowest BCUT2D eigenvalue weighted by atomic mass is 10.2. The molecule has 6 heteroatoms. The van der Waals surface area contributed by atoms with Gasteiger partial charge in [0.15, 0.2) is 11.5 Å². The van der Waals surface area contributed by atoms with Crippen LogP contribution in [0.25, 0.3) is 0 Å². The Morgan fingerprint density at radius 3 is 2.90 bits per heavy atom. The van der Waals surface area contributed by atoms with Crippen molar-refractivity contribution in [1.29, 1.82) is 0 Å². The second kappa shape index (κ2) is 5.38. The third-order valence-electron chi connectivity index (χ3n) is 2.77. The van der Waals surface area contributed by atoms with Gasteiger partial charge in [-0.25, -0.2) is 4.98 Å². The number of para-hydroxylation sites is 2. The fraction of sp³-hybridized carbons (Fsp3) is 0.143. The van der Waals surface area contributed by atoms with Crippen molar-refractivity contribution in [2.45, 2.75) is 6.10 Å². The van der Waals surface area contributed by atoms with Crippen molar-refractivity contribution in [3.63, 3.8) is 0 Å². The number of aromatic nitrogens is 1. The summed E-state index contributed by atoms with van der Waals surface area (Å²) in [6, 6.07) is 10.4. The van der Waals surface area contributed by atoms with Gasteiger partial charge in [-0.1, -0.05) is 23.7 Å². The predicted octanol–water partition coefficient (Wildman–Crippen LogP) is 2.51.